The number of aryl methyl sites for hydroxylation is 1. The second-order valence-electron chi connectivity index (χ2n) is 5.60. The van der Waals surface area contributed by atoms with Crippen LogP contribution in [0.4, 0.5) is 0 Å². The average Bonchev–Trinajstić information content (AvgIpc) is 3.15. The van der Waals surface area contributed by atoms with Crippen LogP contribution >= 0.6 is 0 Å². The molecule has 1 heterocycles. The highest BCUT2D eigenvalue weighted by Crippen LogP contribution is 2.34. The Hall–Kier alpha value is -3.27. The fourth-order valence-electron chi connectivity index (χ4n) is 2.66. The van der Waals surface area contributed by atoms with Crippen LogP contribution in [0.25, 0.3) is 16.8 Å². The van der Waals surface area contributed by atoms with Gasteiger partial charge in [0.2, 0.25) is 5.89 Å². The van der Waals surface area contributed by atoms with Crippen molar-refractivity contribution in [2.24, 2.45) is 11.5 Å². The van der Waals surface area contributed by atoms with Gasteiger partial charge >= 0.3 is 0 Å². The molecule has 0 saturated heterocycles. The van der Waals surface area contributed by atoms with Crippen molar-refractivity contribution in [1.29, 1.82) is 0 Å². The minimum absolute atomic E-state index is 0.471. The smallest absolute Gasteiger partial charge is 0.228 e. The third-order valence-electron chi connectivity index (χ3n) is 4.00. The minimum Gasteiger partial charge on any atom is -0.444 e. The summed E-state index contributed by atoms with van der Waals surface area (Å²) in [5.74, 6) is 0.471. The second-order valence-corrected chi connectivity index (χ2v) is 5.60. The molecule has 0 saturated carbocycles. The summed E-state index contributed by atoms with van der Waals surface area (Å²) in [6.07, 6.45) is 4.00. The van der Waals surface area contributed by atoms with Crippen LogP contribution in [0.2, 0.25) is 0 Å². The SMILES string of the molecule is CCc1coc(C(/C(=C\N)c2ccccc2)=C(/N)c2ccccc2)n1. The lowest BCUT2D eigenvalue weighted by atomic mass is 9.94. The fraction of sp³-hybridized carbons (Fsp3) is 0.0952. The van der Waals surface area contributed by atoms with E-state index in [1.165, 1.54) is 0 Å². The fourth-order valence-corrected chi connectivity index (χ4v) is 2.66. The molecule has 3 rings (SSSR count). The highest BCUT2D eigenvalue weighted by molar-refractivity contribution is 6.12. The molecule has 0 atom stereocenters. The molecular formula is C21H21N3O. The lowest BCUT2D eigenvalue weighted by Crippen LogP contribution is -2.05. The van der Waals surface area contributed by atoms with Gasteiger partial charge in [-0.3, -0.25) is 0 Å². The van der Waals surface area contributed by atoms with E-state index in [9.17, 15) is 0 Å². The van der Waals surface area contributed by atoms with Gasteiger partial charge in [0.1, 0.15) is 6.26 Å². The van der Waals surface area contributed by atoms with E-state index < -0.39 is 0 Å². The first-order valence-corrected chi connectivity index (χ1v) is 8.22. The standard InChI is InChI=1S/C21H21N3O/c1-2-17-14-25-21(24-17)19(20(23)16-11-7-4-8-12-16)18(13-22)15-9-5-3-6-10-15/h3-14H,2,22-23H2,1H3/b18-13-,20-19+. The molecular weight excluding hydrogens is 310 g/mol. The highest BCUT2D eigenvalue weighted by atomic mass is 16.3. The molecule has 4 N–H and O–H groups in total. The van der Waals surface area contributed by atoms with E-state index >= 15 is 0 Å². The Morgan fingerprint density at radius 2 is 1.60 bits per heavy atom. The van der Waals surface area contributed by atoms with Crippen LogP contribution in [-0.4, -0.2) is 4.98 Å². The summed E-state index contributed by atoms with van der Waals surface area (Å²) in [6.45, 7) is 2.03. The first-order valence-electron chi connectivity index (χ1n) is 8.22. The summed E-state index contributed by atoms with van der Waals surface area (Å²) < 4.78 is 5.72. The first-order chi connectivity index (χ1) is 12.2. The quantitative estimate of drug-likeness (QED) is 0.691. The summed E-state index contributed by atoms with van der Waals surface area (Å²) in [7, 11) is 0. The topological polar surface area (TPSA) is 78.1 Å². The molecule has 0 spiro atoms. The largest absolute Gasteiger partial charge is 0.444 e. The summed E-state index contributed by atoms with van der Waals surface area (Å²) >= 11 is 0. The Labute approximate surface area is 147 Å². The van der Waals surface area contributed by atoms with Gasteiger partial charge in [-0.15, -0.1) is 0 Å². The monoisotopic (exact) mass is 331 g/mol. The molecule has 0 unspecified atom stereocenters. The molecule has 0 radical (unpaired) electrons. The summed E-state index contributed by atoms with van der Waals surface area (Å²) in [4.78, 5) is 4.57. The zero-order chi connectivity index (χ0) is 17.6. The van der Waals surface area contributed by atoms with E-state index in [0.29, 0.717) is 17.2 Å². The third kappa shape index (κ3) is 3.48. The maximum absolute atomic E-state index is 6.52. The van der Waals surface area contributed by atoms with Gasteiger partial charge in [-0.2, -0.15) is 0 Å². The van der Waals surface area contributed by atoms with E-state index in [0.717, 1.165) is 28.8 Å². The maximum Gasteiger partial charge on any atom is 0.228 e. The average molecular weight is 331 g/mol. The zero-order valence-corrected chi connectivity index (χ0v) is 14.1. The molecule has 0 amide bonds. The van der Waals surface area contributed by atoms with E-state index in [1.807, 2.05) is 67.6 Å². The van der Waals surface area contributed by atoms with Gasteiger partial charge in [-0.25, -0.2) is 4.98 Å². The molecule has 0 aliphatic heterocycles. The Bertz CT molecular complexity index is 893. The van der Waals surface area contributed by atoms with Gasteiger partial charge in [0.25, 0.3) is 0 Å². The van der Waals surface area contributed by atoms with Gasteiger partial charge in [0.05, 0.1) is 17.0 Å². The van der Waals surface area contributed by atoms with Crippen molar-refractivity contribution in [3.8, 4) is 0 Å². The molecule has 126 valence electrons. The van der Waals surface area contributed by atoms with Gasteiger partial charge in [0.15, 0.2) is 0 Å². The van der Waals surface area contributed by atoms with Crippen molar-refractivity contribution < 1.29 is 4.42 Å². The summed E-state index contributed by atoms with van der Waals surface area (Å²) in [5, 5.41) is 0. The Balaban J connectivity index is 2.22. The Morgan fingerprint density at radius 1 is 1.00 bits per heavy atom. The number of nitrogens with zero attached hydrogens (tertiary/aromatic N) is 1. The van der Waals surface area contributed by atoms with Crippen LogP contribution in [0.15, 0.2) is 77.5 Å². The number of nitrogens with two attached hydrogens (primary N) is 2. The number of hydrogen-bond donors (Lipinski definition) is 2. The molecule has 2 aromatic carbocycles. The minimum atomic E-state index is 0.471. The Kier molecular flexibility index (Phi) is 5.00. The van der Waals surface area contributed by atoms with Crippen LogP contribution in [0.5, 0.6) is 0 Å². The normalized spacial score (nSPS) is 12.8. The number of rotatable bonds is 5. The number of benzene rings is 2. The third-order valence-corrected chi connectivity index (χ3v) is 4.00. The van der Waals surface area contributed by atoms with Crippen molar-refractivity contribution in [3.63, 3.8) is 0 Å². The van der Waals surface area contributed by atoms with E-state index in [1.54, 1.807) is 12.5 Å². The predicted octanol–water partition coefficient (Wildman–Crippen LogP) is 4.06. The first kappa shape index (κ1) is 16.6. The zero-order valence-electron chi connectivity index (χ0n) is 14.1. The number of aromatic nitrogens is 1. The van der Waals surface area contributed by atoms with Crippen molar-refractivity contribution >= 4 is 16.8 Å². The van der Waals surface area contributed by atoms with E-state index in [4.69, 9.17) is 15.9 Å². The van der Waals surface area contributed by atoms with Gasteiger partial charge in [-0.1, -0.05) is 67.6 Å². The highest BCUT2D eigenvalue weighted by Gasteiger charge is 2.20. The van der Waals surface area contributed by atoms with Crippen molar-refractivity contribution in [2.75, 3.05) is 0 Å². The number of allylic oxidation sites excluding steroid dienone is 2. The molecule has 4 nitrogen and oxygen atoms in total. The summed E-state index contributed by atoms with van der Waals surface area (Å²) in [6, 6.07) is 19.6. The lowest BCUT2D eigenvalue weighted by Gasteiger charge is -2.13. The number of oxazole rings is 1. The van der Waals surface area contributed by atoms with Crippen molar-refractivity contribution in [2.45, 2.75) is 13.3 Å². The van der Waals surface area contributed by atoms with E-state index in [2.05, 4.69) is 4.98 Å². The number of hydrogen-bond acceptors (Lipinski definition) is 4. The predicted molar refractivity (Wildman–Crippen MR) is 102 cm³/mol. The molecule has 3 aromatic rings. The second kappa shape index (κ2) is 7.53. The van der Waals surface area contributed by atoms with Crippen molar-refractivity contribution in [1.82, 2.24) is 4.98 Å². The molecule has 4 heteroatoms. The molecule has 0 bridgehead atoms. The van der Waals surface area contributed by atoms with Gasteiger partial charge < -0.3 is 15.9 Å². The summed E-state index contributed by atoms with van der Waals surface area (Å²) in [5.41, 5.74) is 17.3. The Morgan fingerprint density at radius 3 is 2.12 bits per heavy atom. The van der Waals surface area contributed by atoms with Crippen LogP contribution in [0.3, 0.4) is 0 Å². The van der Waals surface area contributed by atoms with E-state index in [-0.39, 0.29) is 0 Å². The molecule has 0 aliphatic carbocycles. The van der Waals surface area contributed by atoms with Crippen LogP contribution < -0.4 is 11.5 Å². The van der Waals surface area contributed by atoms with Crippen LogP contribution in [-0.2, 0) is 6.42 Å². The van der Waals surface area contributed by atoms with Crippen LogP contribution in [0, 0.1) is 0 Å². The van der Waals surface area contributed by atoms with Gasteiger partial charge in [0, 0.05) is 11.8 Å². The molecule has 25 heavy (non-hydrogen) atoms. The molecule has 0 fully saturated rings. The maximum atomic E-state index is 6.52. The molecule has 1 aromatic heterocycles. The van der Waals surface area contributed by atoms with Crippen LogP contribution in [0.1, 0.15) is 29.6 Å². The lowest BCUT2D eigenvalue weighted by molar-refractivity contribution is 0.543. The van der Waals surface area contributed by atoms with Gasteiger partial charge in [-0.05, 0) is 17.5 Å². The van der Waals surface area contributed by atoms with Crippen molar-refractivity contribution in [3.05, 3.63) is 95.8 Å². The molecule has 0 aliphatic rings.